The molecule has 1 rings (SSSR count). The molecule has 96 valence electrons. The fourth-order valence-corrected chi connectivity index (χ4v) is 2.88. The molecule has 0 aliphatic rings. The maximum absolute atomic E-state index is 10.8. The summed E-state index contributed by atoms with van der Waals surface area (Å²) in [7, 11) is 0. The Morgan fingerprint density at radius 2 is 2.41 bits per heavy atom. The van der Waals surface area contributed by atoms with Gasteiger partial charge in [-0.2, -0.15) is 11.8 Å². The van der Waals surface area contributed by atoms with Crippen molar-refractivity contribution in [3.63, 3.8) is 0 Å². The number of unbranched alkanes of at least 4 members (excludes halogenated alkanes) is 1. The van der Waals surface area contributed by atoms with Gasteiger partial charge in [0.05, 0.1) is 12.5 Å². The summed E-state index contributed by atoms with van der Waals surface area (Å²) in [5.74, 6) is 0.421. The van der Waals surface area contributed by atoms with Crippen LogP contribution in [0.15, 0.2) is 17.5 Å². The SMILES string of the molecule is CSCCCCNC(CC(=O)O)c1cccs1. The Bertz CT molecular complexity index is 314. The van der Waals surface area contributed by atoms with Crippen LogP contribution < -0.4 is 5.32 Å². The monoisotopic (exact) mass is 273 g/mol. The van der Waals surface area contributed by atoms with E-state index in [2.05, 4.69) is 11.6 Å². The van der Waals surface area contributed by atoms with Crippen molar-refractivity contribution < 1.29 is 9.90 Å². The number of aliphatic carboxylic acids is 1. The molecule has 0 aliphatic heterocycles. The first kappa shape index (κ1) is 14.5. The van der Waals surface area contributed by atoms with Crippen LogP contribution in [0.25, 0.3) is 0 Å². The average molecular weight is 273 g/mol. The highest BCUT2D eigenvalue weighted by Crippen LogP contribution is 2.21. The molecule has 1 atom stereocenters. The molecule has 1 heterocycles. The van der Waals surface area contributed by atoms with Crippen LogP contribution in [0.2, 0.25) is 0 Å². The van der Waals surface area contributed by atoms with Crippen molar-refractivity contribution in [1.82, 2.24) is 5.32 Å². The van der Waals surface area contributed by atoms with Crippen LogP contribution >= 0.6 is 23.1 Å². The van der Waals surface area contributed by atoms with Crippen molar-refractivity contribution in [2.75, 3.05) is 18.6 Å². The minimum atomic E-state index is -0.750. The third-order valence-electron chi connectivity index (χ3n) is 2.43. The number of nitrogens with one attached hydrogen (secondary N) is 1. The molecule has 0 saturated carbocycles. The number of rotatable bonds is 9. The standard InChI is InChI=1S/C12H19NO2S2/c1-16-7-3-2-6-13-10(9-12(14)15)11-5-4-8-17-11/h4-5,8,10,13H,2-3,6-7,9H2,1H3,(H,14,15). The fourth-order valence-electron chi connectivity index (χ4n) is 1.59. The van der Waals surface area contributed by atoms with E-state index >= 15 is 0 Å². The van der Waals surface area contributed by atoms with E-state index < -0.39 is 5.97 Å². The molecule has 17 heavy (non-hydrogen) atoms. The zero-order chi connectivity index (χ0) is 12.5. The van der Waals surface area contributed by atoms with E-state index in [9.17, 15) is 4.79 Å². The predicted molar refractivity (Wildman–Crippen MR) is 74.9 cm³/mol. The van der Waals surface area contributed by atoms with Gasteiger partial charge in [-0.05, 0) is 42.8 Å². The van der Waals surface area contributed by atoms with Gasteiger partial charge in [0.15, 0.2) is 0 Å². The summed E-state index contributed by atoms with van der Waals surface area (Å²) < 4.78 is 0. The summed E-state index contributed by atoms with van der Waals surface area (Å²) in [6.07, 6.45) is 4.54. The third-order valence-corrected chi connectivity index (χ3v) is 4.11. The predicted octanol–water partition coefficient (Wildman–Crippen LogP) is 3.00. The second-order valence-electron chi connectivity index (χ2n) is 3.82. The molecule has 0 spiro atoms. The van der Waals surface area contributed by atoms with Gasteiger partial charge in [0.25, 0.3) is 0 Å². The van der Waals surface area contributed by atoms with Gasteiger partial charge in [0.2, 0.25) is 0 Å². The first-order valence-electron chi connectivity index (χ1n) is 5.71. The second-order valence-corrected chi connectivity index (χ2v) is 5.78. The Morgan fingerprint density at radius 3 is 3.00 bits per heavy atom. The third kappa shape index (κ3) is 6.10. The van der Waals surface area contributed by atoms with Crippen LogP contribution in [0.3, 0.4) is 0 Å². The highest BCUT2D eigenvalue weighted by molar-refractivity contribution is 7.98. The van der Waals surface area contributed by atoms with Gasteiger partial charge in [-0.1, -0.05) is 6.07 Å². The highest BCUT2D eigenvalue weighted by Gasteiger charge is 2.15. The van der Waals surface area contributed by atoms with Gasteiger partial charge in [0, 0.05) is 4.88 Å². The first-order chi connectivity index (χ1) is 8.24. The molecule has 5 heteroatoms. The van der Waals surface area contributed by atoms with Crippen molar-refractivity contribution >= 4 is 29.1 Å². The smallest absolute Gasteiger partial charge is 0.305 e. The van der Waals surface area contributed by atoms with Crippen LogP contribution in [0, 0.1) is 0 Å². The van der Waals surface area contributed by atoms with Crippen LogP contribution in [0.5, 0.6) is 0 Å². The Morgan fingerprint density at radius 1 is 1.59 bits per heavy atom. The second kappa shape index (κ2) is 8.55. The van der Waals surface area contributed by atoms with E-state index in [1.807, 2.05) is 29.3 Å². The molecule has 1 aromatic rings. The molecular formula is C12H19NO2S2. The minimum absolute atomic E-state index is 0.0400. The van der Waals surface area contributed by atoms with E-state index in [-0.39, 0.29) is 12.5 Å². The molecule has 1 unspecified atom stereocenters. The van der Waals surface area contributed by atoms with Crippen molar-refractivity contribution in [3.8, 4) is 0 Å². The van der Waals surface area contributed by atoms with Gasteiger partial charge < -0.3 is 10.4 Å². The van der Waals surface area contributed by atoms with Crippen LogP contribution in [-0.4, -0.2) is 29.6 Å². The lowest BCUT2D eigenvalue weighted by molar-refractivity contribution is -0.137. The normalized spacial score (nSPS) is 12.5. The molecule has 2 N–H and O–H groups in total. The number of carboxylic acids is 1. The van der Waals surface area contributed by atoms with Gasteiger partial charge >= 0.3 is 5.97 Å². The summed E-state index contributed by atoms with van der Waals surface area (Å²) in [5, 5.41) is 14.2. The Balaban J connectivity index is 2.34. The van der Waals surface area contributed by atoms with Gasteiger partial charge in [-0.25, -0.2) is 0 Å². The zero-order valence-electron chi connectivity index (χ0n) is 10.0. The lowest BCUT2D eigenvalue weighted by atomic mass is 10.1. The van der Waals surface area contributed by atoms with Crippen LogP contribution in [0.1, 0.15) is 30.2 Å². The summed E-state index contributed by atoms with van der Waals surface area (Å²) in [6, 6.07) is 3.92. The molecule has 0 bridgehead atoms. The average Bonchev–Trinajstić information content (AvgIpc) is 2.80. The molecule has 0 fully saturated rings. The number of hydrogen-bond acceptors (Lipinski definition) is 4. The van der Waals surface area contributed by atoms with Gasteiger partial charge in [-0.3, -0.25) is 4.79 Å². The van der Waals surface area contributed by atoms with Crippen molar-refractivity contribution in [2.24, 2.45) is 0 Å². The van der Waals surface area contributed by atoms with E-state index in [1.54, 1.807) is 11.3 Å². The van der Waals surface area contributed by atoms with Crippen molar-refractivity contribution in [3.05, 3.63) is 22.4 Å². The zero-order valence-corrected chi connectivity index (χ0v) is 11.6. The van der Waals surface area contributed by atoms with Crippen LogP contribution in [0.4, 0.5) is 0 Å². The largest absolute Gasteiger partial charge is 0.481 e. The first-order valence-corrected chi connectivity index (χ1v) is 7.99. The molecule has 0 amide bonds. The molecule has 3 nitrogen and oxygen atoms in total. The van der Waals surface area contributed by atoms with Gasteiger partial charge in [0.1, 0.15) is 0 Å². The van der Waals surface area contributed by atoms with Gasteiger partial charge in [-0.15, -0.1) is 11.3 Å². The molecular weight excluding hydrogens is 254 g/mol. The molecule has 1 aromatic heterocycles. The summed E-state index contributed by atoms with van der Waals surface area (Å²) in [6.45, 7) is 0.885. The lowest BCUT2D eigenvalue weighted by Gasteiger charge is -2.15. The van der Waals surface area contributed by atoms with Crippen molar-refractivity contribution in [1.29, 1.82) is 0 Å². The number of hydrogen-bond donors (Lipinski definition) is 2. The van der Waals surface area contributed by atoms with E-state index in [1.165, 1.54) is 12.2 Å². The molecule has 0 aliphatic carbocycles. The Kier molecular flexibility index (Phi) is 7.32. The Labute approximate surface area is 111 Å². The topological polar surface area (TPSA) is 49.3 Å². The van der Waals surface area contributed by atoms with Crippen molar-refractivity contribution in [2.45, 2.75) is 25.3 Å². The van der Waals surface area contributed by atoms with E-state index in [0.717, 1.165) is 17.8 Å². The maximum atomic E-state index is 10.8. The van der Waals surface area contributed by atoms with Crippen LogP contribution in [-0.2, 0) is 4.79 Å². The molecule has 0 radical (unpaired) electrons. The molecule has 0 saturated heterocycles. The Hall–Kier alpha value is -0.520. The summed E-state index contributed by atoms with van der Waals surface area (Å²) in [5.41, 5.74) is 0. The highest BCUT2D eigenvalue weighted by atomic mass is 32.2. The minimum Gasteiger partial charge on any atom is -0.481 e. The summed E-state index contributed by atoms with van der Waals surface area (Å²) in [4.78, 5) is 11.9. The number of thiophene rings is 1. The van der Waals surface area contributed by atoms with E-state index in [4.69, 9.17) is 5.11 Å². The lowest BCUT2D eigenvalue weighted by Crippen LogP contribution is -2.24. The molecule has 0 aromatic carbocycles. The maximum Gasteiger partial charge on any atom is 0.305 e. The van der Waals surface area contributed by atoms with E-state index in [0.29, 0.717) is 0 Å². The summed E-state index contributed by atoms with van der Waals surface area (Å²) >= 11 is 3.46. The number of thioether (sulfide) groups is 1. The number of carboxylic acid groups (broad SMARTS) is 1. The number of carbonyl (C=O) groups is 1. The quantitative estimate of drug-likeness (QED) is 0.679. The fraction of sp³-hybridized carbons (Fsp3) is 0.583.